The minimum absolute atomic E-state index is 0.0171. The van der Waals surface area contributed by atoms with Gasteiger partial charge in [-0.05, 0) is 37.8 Å². The fourth-order valence-electron chi connectivity index (χ4n) is 1.56. The van der Waals surface area contributed by atoms with E-state index in [0.29, 0.717) is 12.2 Å². The van der Waals surface area contributed by atoms with Gasteiger partial charge in [0.15, 0.2) is 11.6 Å². The molecule has 2 nitrogen and oxygen atoms in total. The minimum Gasteiger partial charge on any atom is -0.487 e. The van der Waals surface area contributed by atoms with Gasteiger partial charge in [0.25, 0.3) is 0 Å². The number of hydrogen-bond donors (Lipinski definition) is 1. The lowest BCUT2D eigenvalue weighted by Crippen LogP contribution is -2.22. The molecule has 0 amide bonds. The number of hydrogen-bond acceptors (Lipinski definition) is 2. The number of benzene rings is 1. The second-order valence-corrected chi connectivity index (χ2v) is 4.44. The summed E-state index contributed by atoms with van der Waals surface area (Å²) in [7, 11) is 0. The van der Waals surface area contributed by atoms with Crippen LogP contribution in [0.2, 0.25) is 0 Å². The molecule has 17 heavy (non-hydrogen) atoms. The van der Waals surface area contributed by atoms with Crippen molar-refractivity contribution < 1.29 is 9.13 Å². The molecule has 0 bridgehead atoms. The van der Waals surface area contributed by atoms with Crippen LogP contribution in [0.5, 0.6) is 5.75 Å². The van der Waals surface area contributed by atoms with Crippen LogP contribution in [0.15, 0.2) is 18.2 Å². The van der Waals surface area contributed by atoms with Crippen LogP contribution in [-0.2, 0) is 6.42 Å². The first kappa shape index (κ1) is 14.0. The Kier molecular flexibility index (Phi) is 5.42. The summed E-state index contributed by atoms with van der Waals surface area (Å²) in [6.07, 6.45) is 2.40. The number of rotatable bonds is 6. The van der Waals surface area contributed by atoms with E-state index in [0.717, 1.165) is 18.4 Å². The van der Waals surface area contributed by atoms with Gasteiger partial charge in [-0.25, -0.2) is 4.39 Å². The van der Waals surface area contributed by atoms with Gasteiger partial charge < -0.3 is 10.5 Å². The van der Waals surface area contributed by atoms with Crippen LogP contribution in [0.4, 0.5) is 4.39 Å². The van der Waals surface area contributed by atoms with Crippen LogP contribution in [-0.4, -0.2) is 12.1 Å². The van der Waals surface area contributed by atoms with Gasteiger partial charge in [0.2, 0.25) is 0 Å². The van der Waals surface area contributed by atoms with Gasteiger partial charge >= 0.3 is 0 Å². The number of para-hydroxylation sites is 1. The first-order valence-electron chi connectivity index (χ1n) is 6.28. The predicted octanol–water partition coefficient (Wildman–Crippen LogP) is 3.28. The van der Waals surface area contributed by atoms with Crippen molar-refractivity contribution in [1.82, 2.24) is 0 Å². The van der Waals surface area contributed by atoms with E-state index in [1.54, 1.807) is 6.07 Å². The fourth-order valence-corrected chi connectivity index (χ4v) is 1.56. The van der Waals surface area contributed by atoms with Crippen LogP contribution >= 0.6 is 0 Å². The number of ether oxygens (including phenoxy) is 1. The maximum atomic E-state index is 13.7. The van der Waals surface area contributed by atoms with Gasteiger partial charge in [-0.15, -0.1) is 0 Å². The Morgan fingerprint density at radius 2 is 2.00 bits per heavy atom. The molecule has 0 aliphatic carbocycles. The van der Waals surface area contributed by atoms with Crippen molar-refractivity contribution >= 4 is 0 Å². The van der Waals surface area contributed by atoms with E-state index in [1.165, 1.54) is 6.07 Å². The molecule has 0 aliphatic rings. The van der Waals surface area contributed by atoms with E-state index in [4.69, 9.17) is 10.5 Å². The van der Waals surface area contributed by atoms with Gasteiger partial charge in [-0.3, -0.25) is 0 Å². The van der Waals surface area contributed by atoms with E-state index in [2.05, 4.69) is 0 Å². The Morgan fingerprint density at radius 1 is 1.29 bits per heavy atom. The monoisotopic (exact) mass is 239 g/mol. The molecule has 0 fully saturated rings. The summed E-state index contributed by atoms with van der Waals surface area (Å²) in [4.78, 5) is 0. The van der Waals surface area contributed by atoms with Crippen molar-refractivity contribution in [3.8, 4) is 5.75 Å². The van der Waals surface area contributed by atoms with Crippen molar-refractivity contribution in [2.24, 2.45) is 5.73 Å². The first-order valence-corrected chi connectivity index (χ1v) is 6.28. The topological polar surface area (TPSA) is 35.2 Å². The maximum absolute atomic E-state index is 13.7. The highest BCUT2D eigenvalue weighted by atomic mass is 19.1. The Labute approximate surface area is 103 Å². The second kappa shape index (κ2) is 6.60. The van der Waals surface area contributed by atoms with Crippen molar-refractivity contribution in [1.29, 1.82) is 0 Å². The fraction of sp³-hybridized carbons (Fsp3) is 0.571. The average Bonchev–Trinajstić information content (AvgIpc) is 2.33. The average molecular weight is 239 g/mol. The smallest absolute Gasteiger partial charge is 0.165 e. The molecule has 2 N–H and O–H groups in total. The molecule has 0 heterocycles. The van der Waals surface area contributed by atoms with E-state index in [-0.39, 0.29) is 18.0 Å². The Hall–Kier alpha value is -1.09. The van der Waals surface area contributed by atoms with Crippen molar-refractivity contribution in [2.75, 3.05) is 0 Å². The number of nitrogens with two attached hydrogens (primary N) is 1. The lowest BCUT2D eigenvalue weighted by molar-refractivity contribution is 0.205. The van der Waals surface area contributed by atoms with Crippen LogP contribution in [0, 0.1) is 5.82 Å². The third-order valence-corrected chi connectivity index (χ3v) is 2.95. The summed E-state index contributed by atoms with van der Waals surface area (Å²) >= 11 is 0. The predicted molar refractivity (Wildman–Crippen MR) is 68.8 cm³/mol. The molecule has 1 aromatic rings. The lowest BCUT2D eigenvalue weighted by Gasteiger charge is -2.18. The molecule has 0 saturated carbocycles. The van der Waals surface area contributed by atoms with Crippen molar-refractivity contribution in [2.45, 2.75) is 52.2 Å². The Balaban J connectivity index is 2.91. The van der Waals surface area contributed by atoms with E-state index >= 15 is 0 Å². The summed E-state index contributed by atoms with van der Waals surface area (Å²) in [6.45, 7) is 5.98. The van der Waals surface area contributed by atoms with Crippen molar-refractivity contribution in [3.05, 3.63) is 29.6 Å². The van der Waals surface area contributed by atoms with Crippen LogP contribution in [0.25, 0.3) is 0 Å². The molecule has 3 heteroatoms. The molecule has 96 valence electrons. The summed E-state index contributed by atoms with van der Waals surface area (Å²) < 4.78 is 19.4. The van der Waals surface area contributed by atoms with E-state index < -0.39 is 0 Å². The molecule has 1 rings (SSSR count). The van der Waals surface area contributed by atoms with Crippen LogP contribution in [0.3, 0.4) is 0 Å². The van der Waals surface area contributed by atoms with Crippen molar-refractivity contribution in [3.63, 3.8) is 0 Å². The largest absolute Gasteiger partial charge is 0.487 e. The van der Waals surface area contributed by atoms with Gasteiger partial charge in [-0.2, -0.15) is 0 Å². The highest BCUT2D eigenvalue weighted by molar-refractivity contribution is 5.35. The third kappa shape index (κ3) is 4.00. The molecule has 2 unspecified atom stereocenters. The third-order valence-electron chi connectivity index (χ3n) is 2.95. The SMILES string of the molecule is CCC(N)Cc1cccc(F)c1OC(C)CC. The molecule has 0 aromatic heterocycles. The summed E-state index contributed by atoms with van der Waals surface area (Å²) in [6, 6.07) is 5.07. The molecule has 1 aromatic carbocycles. The van der Waals surface area contributed by atoms with Crippen LogP contribution in [0.1, 0.15) is 39.2 Å². The van der Waals surface area contributed by atoms with Gasteiger partial charge in [0.05, 0.1) is 6.10 Å². The normalized spacial score (nSPS) is 14.4. The molecular weight excluding hydrogens is 217 g/mol. The molecule has 0 radical (unpaired) electrons. The minimum atomic E-state index is -0.300. The van der Waals surface area contributed by atoms with Gasteiger partial charge in [0.1, 0.15) is 0 Å². The Bertz CT molecular complexity index is 354. The van der Waals surface area contributed by atoms with E-state index in [1.807, 2.05) is 26.8 Å². The zero-order chi connectivity index (χ0) is 12.8. The van der Waals surface area contributed by atoms with Crippen LogP contribution < -0.4 is 10.5 Å². The molecular formula is C14H22FNO. The molecule has 0 spiro atoms. The highest BCUT2D eigenvalue weighted by Gasteiger charge is 2.14. The summed E-state index contributed by atoms with van der Waals surface area (Å²) in [5.41, 5.74) is 6.77. The molecule has 0 saturated heterocycles. The highest BCUT2D eigenvalue weighted by Crippen LogP contribution is 2.25. The quantitative estimate of drug-likeness (QED) is 0.826. The standard InChI is InChI=1S/C14H22FNO/c1-4-10(3)17-14-11(9-12(16)5-2)7-6-8-13(14)15/h6-8,10,12H,4-5,9,16H2,1-3H3. The number of halogens is 1. The summed E-state index contributed by atoms with van der Waals surface area (Å²) in [5.74, 6) is 0.0665. The molecule has 0 aliphatic heterocycles. The summed E-state index contributed by atoms with van der Waals surface area (Å²) in [5, 5.41) is 0. The Morgan fingerprint density at radius 3 is 2.59 bits per heavy atom. The second-order valence-electron chi connectivity index (χ2n) is 4.44. The zero-order valence-electron chi connectivity index (χ0n) is 10.9. The van der Waals surface area contributed by atoms with E-state index in [9.17, 15) is 4.39 Å². The molecule has 2 atom stereocenters. The lowest BCUT2D eigenvalue weighted by atomic mass is 10.0. The zero-order valence-corrected chi connectivity index (χ0v) is 10.9. The first-order chi connectivity index (χ1) is 8.08. The van der Waals surface area contributed by atoms with Gasteiger partial charge in [-0.1, -0.05) is 26.0 Å². The van der Waals surface area contributed by atoms with Gasteiger partial charge in [0, 0.05) is 6.04 Å². The maximum Gasteiger partial charge on any atom is 0.165 e.